The molecule has 1 aromatic heterocycles. The number of ether oxygens (including phenoxy) is 1. The Bertz CT molecular complexity index is 442. The van der Waals surface area contributed by atoms with Gasteiger partial charge in [0.2, 0.25) is 5.88 Å². The summed E-state index contributed by atoms with van der Waals surface area (Å²) in [6.07, 6.45) is 5.15. The molecule has 106 valence electrons. The van der Waals surface area contributed by atoms with E-state index in [1.165, 1.54) is 12.8 Å². The maximum absolute atomic E-state index is 6.06. The number of nitrogens with zero attached hydrogens (tertiary/aromatic N) is 2. The van der Waals surface area contributed by atoms with Crippen molar-refractivity contribution in [2.45, 2.75) is 64.9 Å². The fourth-order valence-electron chi connectivity index (χ4n) is 2.45. The molecule has 19 heavy (non-hydrogen) atoms. The van der Waals surface area contributed by atoms with Crippen LogP contribution >= 0.6 is 15.9 Å². The molecule has 0 amide bonds. The van der Waals surface area contributed by atoms with Gasteiger partial charge in [-0.05, 0) is 41.1 Å². The second kappa shape index (κ2) is 5.78. The Hall–Kier alpha value is -0.640. The number of hydrogen-bond donors (Lipinski definition) is 0. The van der Waals surface area contributed by atoms with Crippen LogP contribution in [-0.2, 0) is 5.41 Å². The van der Waals surface area contributed by atoms with Crippen LogP contribution in [0.1, 0.15) is 59.2 Å². The van der Waals surface area contributed by atoms with Gasteiger partial charge in [-0.1, -0.05) is 34.1 Å². The molecule has 0 aromatic carbocycles. The summed E-state index contributed by atoms with van der Waals surface area (Å²) in [7, 11) is 0. The third kappa shape index (κ3) is 4.16. The average molecular weight is 327 g/mol. The molecule has 4 heteroatoms. The van der Waals surface area contributed by atoms with Gasteiger partial charge < -0.3 is 4.74 Å². The van der Waals surface area contributed by atoms with Crippen LogP contribution in [0.2, 0.25) is 0 Å². The van der Waals surface area contributed by atoms with Crippen LogP contribution in [0.15, 0.2) is 10.7 Å². The zero-order chi connectivity index (χ0) is 14.0. The van der Waals surface area contributed by atoms with Gasteiger partial charge in [-0.15, -0.1) is 0 Å². The van der Waals surface area contributed by atoms with Crippen molar-refractivity contribution in [3.8, 4) is 5.88 Å². The van der Waals surface area contributed by atoms with Crippen molar-refractivity contribution >= 4 is 15.9 Å². The monoisotopic (exact) mass is 326 g/mol. The van der Waals surface area contributed by atoms with Crippen LogP contribution in [0, 0.1) is 5.92 Å². The van der Waals surface area contributed by atoms with Crippen molar-refractivity contribution in [1.82, 2.24) is 9.97 Å². The number of rotatable bonds is 2. The highest BCUT2D eigenvalue weighted by atomic mass is 79.9. The normalized spacial score (nSPS) is 24.3. The van der Waals surface area contributed by atoms with Crippen LogP contribution in [-0.4, -0.2) is 16.1 Å². The summed E-state index contributed by atoms with van der Waals surface area (Å²) in [5.74, 6) is 2.28. The second-order valence-electron chi connectivity index (χ2n) is 6.61. The van der Waals surface area contributed by atoms with Crippen molar-refractivity contribution in [1.29, 1.82) is 0 Å². The van der Waals surface area contributed by atoms with E-state index in [1.54, 1.807) is 0 Å². The van der Waals surface area contributed by atoms with Crippen molar-refractivity contribution in [3.63, 3.8) is 0 Å². The van der Waals surface area contributed by atoms with Crippen LogP contribution in [0.4, 0.5) is 0 Å². The molecule has 1 aliphatic rings. The summed E-state index contributed by atoms with van der Waals surface area (Å²) in [4.78, 5) is 9.00. The van der Waals surface area contributed by atoms with Gasteiger partial charge in [-0.25, -0.2) is 4.98 Å². The van der Waals surface area contributed by atoms with Crippen LogP contribution in [0.25, 0.3) is 0 Å². The Morgan fingerprint density at radius 2 is 2.00 bits per heavy atom. The van der Waals surface area contributed by atoms with E-state index in [9.17, 15) is 0 Å². The number of hydrogen-bond acceptors (Lipinski definition) is 3. The number of aromatic nitrogens is 2. The van der Waals surface area contributed by atoms with Crippen LogP contribution < -0.4 is 4.74 Å². The lowest BCUT2D eigenvalue weighted by Crippen LogP contribution is -2.25. The maximum Gasteiger partial charge on any atom is 0.218 e. The molecule has 2 unspecified atom stereocenters. The third-order valence-electron chi connectivity index (χ3n) is 3.52. The Balaban J connectivity index is 2.14. The van der Waals surface area contributed by atoms with Gasteiger partial charge in [-0.2, -0.15) is 4.98 Å². The maximum atomic E-state index is 6.06. The minimum atomic E-state index is -0.0677. The molecular weight excluding hydrogens is 304 g/mol. The molecule has 1 heterocycles. The van der Waals surface area contributed by atoms with E-state index < -0.39 is 0 Å². The summed E-state index contributed by atoms with van der Waals surface area (Å²) in [6.45, 7) is 8.63. The van der Waals surface area contributed by atoms with E-state index in [-0.39, 0.29) is 5.41 Å². The molecule has 0 N–H and O–H groups in total. The lowest BCUT2D eigenvalue weighted by molar-refractivity contribution is 0.123. The molecule has 3 nitrogen and oxygen atoms in total. The van der Waals surface area contributed by atoms with E-state index in [1.807, 2.05) is 6.07 Å². The van der Waals surface area contributed by atoms with Crippen LogP contribution in [0.5, 0.6) is 5.88 Å². The fourth-order valence-corrected chi connectivity index (χ4v) is 2.81. The molecule has 0 spiro atoms. The van der Waals surface area contributed by atoms with Gasteiger partial charge in [0.15, 0.2) is 0 Å². The summed E-state index contributed by atoms with van der Waals surface area (Å²) in [5, 5.41) is 0. The highest BCUT2D eigenvalue weighted by molar-refractivity contribution is 9.10. The van der Waals surface area contributed by atoms with Crippen molar-refractivity contribution in [2.75, 3.05) is 0 Å². The average Bonchev–Trinajstić information content (AvgIpc) is 2.26. The molecule has 1 fully saturated rings. The summed E-state index contributed by atoms with van der Waals surface area (Å²) in [5.41, 5.74) is -0.0677. The predicted molar refractivity (Wildman–Crippen MR) is 80.5 cm³/mol. The lowest BCUT2D eigenvalue weighted by atomic mass is 9.89. The van der Waals surface area contributed by atoms with Crippen molar-refractivity contribution in [3.05, 3.63) is 16.5 Å². The Morgan fingerprint density at radius 1 is 1.26 bits per heavy atom. The SMILES string of the molecule is CC1CCCC(Oc2cc(Br)nc(C(C)(C)C)n2)C1. The van der Waals surface area contributed by atoms with E-state index >= 15 is 0 Å². The molecule has 2 rings (SSSR count). The van der Waals surface area contributed by atoms with Gasteiger partial charge >= 0.3 is 0 Å². The first-order chi connectivity index (χ1) is 8.84. The van der Waals surface area contributed by atoms with E-state index in [4.69, 9.17) is 4.74 Å². The molecule has 1 aromatic rings. The van der Waals surface area contributed by atoms with Gasteiger partial charge in [0.05, 0.1) is 0 Å². The van der Waals surface area contributed by atoms with Gasteiger partial charge in [0.1, 0.15) is 16.5 Å². The first-order valence-corrected chi connectivity index (χ1v) is 7.85. The standard InChI is InChI=1S/C15H23BrN2O/c1-10-6-5-7-11(8-10)19-13-9-12(16)17-14(18-13)15(2,3)4/h9-11H,5-8H2,1-4H3. The fraction of sp³-hybridized carbons (Fsp3) is 0.733. The molecule has 0 bridgehead atoms. The highest BCUT2D eigenvalue weighted by Gasteiger charge is 2.23. The second-order valence-corrected chi connectivity index (χ2v) is 7.43. The molecule has 0 radical (unpaired) electrons. The van der Waals surface area contributed by atoms with Gasteiger partial charge in [0.25, 0.3) is 0 Å². The first-order valence-electron chi connectivity index (χ1n) is 7.06. The molecule has 2 atom stereocenters. The molecular formula is C15H23BrN2O. The molecule has 1 aliphatic carbocycles. The minimum Gasteiger partial charge on any atom is -0.474 e. The predicted octanol–water partition coefficient (Wildman–Crippen LogP) is 4.49. The van der Waals surface area contributed by atoms with E-state index in [2.05, 4.69) is 53.6 Å². The van der Waals surface area contributed by atoms with Gasteiger partial charge in [0, 0.05) is 11.5 Å². The molecule has 0 aliphatic heterocycles. The summed E-state index contributed by atoms with van der Waals surface area (Å²) >= 11 is 3.45. The Labute approximate surface area is 124 Å². The van der Waals surface area contributed by atoms with Crippen molar-refractivity contribution < 1.29 is 4.74 Å². The number of halogens is 1. The van der Waals surface area contributed by atoms with Gasteiger partial charge in [-0.3, -0.25) is 0 Å². The molecule has 0 saturated heterocycles. The quantitative estimate of drug-likeness (QED) is 0.751. The topological polar surface area (TPSA) is 35.0 Å². The summed E-state index contributed by atoms with van der Waals surface area (Å²) in [6, 6.07) is 1.87. The Morgan fingerprint density at radius 3 is 2.63 bits per heavy atom. The van der Waals surface area contributed by atoms with E-state index in [0.29, 0.717) is 12.0 Å². The van der Waals surface area contributed by atoms with Crippen LogP contribution in [0.3, 0.4) is 0 Å². The summed E-state index contributed by atoms with van der Waals surface area (Å²) < 4.78 is 6.86. The Kier molecular flexibility index (Phi) is 4.49. The first kappa shape index (κ1) is 14.8. The van der Waals surface area contributed by atoms with Crippen molar-refractivity contribution in [2.24, 2.45) is 5.92 Å². The zero-order valence-corrected chi connectivity index (χ0v) is 13.8. The zero-order valence-electron chi connectivity index (χ0n) is 12.2. The lowest BCUT2D eigenvalue weighted by Gasteiger charge is -2.27. The smallest absolute Gasteiger partial charge is 0.218 e. The largest absolute Gasteiger partial charge is 0.474 e. The highest BCUT2D eigenvalue weighted by Crippen LogP contribution is 2.29. The molecule has 1 saturated carbocycles. The van der Waals surface area contributed by atoms with E-state index in [0.717, 1.165) is 29.2 Å². The minimum absolute atomic E-state index is 0.0677. The third-order valence-corrected chi connectivity index (χ3v) is 3.92.